The Bertz CT molecular complexity index is 964. The third-order valence-electron chi connectivity index (χ3n) is 3.57. The van der Waals surface area contributed by atoms with Gasteiger partial charge in [-0.25, -0.2) is 18.4 Å². The van der Waals surface area contributed by atoms with Crippen LogP contribution in [0.15, 0.2) is 41.2 Å². The maximum absolute atomic E-state index is 13.5. The van der Waals surface area contributed by atoms with Crippen molar-refractivity contribution in [2.45, 2.75) is 13.0 Å². The molecule has 0 spiro atoms. The Labute approximate surface area is 134 Å². The van der Waals surface area contributed by atoms with Crippen LogP contribution in [0.3, 0.4) is 0 Å². The van der Waals surface area contributed by atoms with Gasteiger partial charge in [0.1, 0.15) is 11.6 Å². The Morgan fingerprint density at radius 3 is 2.58 bits per heavy atom. The number of carbonyl (C=O) groups excluding carboxylic acids is 1. The second-order valence-electron chi connectivity index (χ2n) is 5.33. The van der Waals surface area contributed by atoms with Gasteiger partial charge in [-0.3, -0.25) is 0 Å². The molecule has 6 nitrogen and oxygen atoms in total. The topological polar surface area (TPSA) is 89.8 Å². The molecule has 4 N–H and O–H groups in total. The fourth-order valence-corrected chi connectivity index (χ4v) is 2.35. The van der Waals surface area contributed by atoms with Crippen LogP contribution in [-0.2, 0) is 0 Å². The van der Waals surface area contributed by atoms with E-state index in [0.717, 1.165) is 17.7 Å². The van der Waals surface area contributed by atoms with Crippen LogP contribution in [0.1, 0.15) is 18.5 Å². The lowest BCUT2D eigenvalue weighted by molar-refractivity contribution is 0.249. The van der Waals surface area contributed by atoms with Gasteiger partial charge >= 0.3 is 11.7 Å². The van der Waals surface area contributed by atoms with Crippen molar-refractivity contribution >= 4 is 22.8 Å². The number of nitrogens with one attached hydrogen (secondary N) is 4. The van der Waals surface area contributed by atoms with E-state index in [1.165, 1.54) is 0 Å². The van der Waals surface area contributed by atoms with Gasteiger partial charge in [0.25, 0.3) is 0 Å². The summed E-state index contributed by atoms with van der Waals surface area (Å²) in [5, 5.41) is 4.97. The normalized spacial score (nSPS) is 12.1. The number of hydrogen-bond donors (Lipinski definition) is 4. The number of amides is 2. The lowest BCUT2D eigenvalue weighted by atomic mass is 10.1. The van der Waals surface area contributed by atoms with Crippen LogP contribution in [0, 0.1) is 11.6 Å². The quantitative estimate of drug-likeness (QED) is 0.594. The second-order valence-corrected chi connectivity index (χ2v) is 5.33. The van der Waals surface area contributed by atoms with Crippen molar-refractivity contribution in [2.24, 2.45) is 0 Å². The lowest BCUT2D eigenvalue weighted by Crippen LogP contribution is -2.31. The molecular formula is C16H14F2N4O2. The molecule has 1 unspecified atom stereocenters. The first-order chi connectivity index (χ1) is 11.4. The highest BCUT2D eigenvalue weighted by Gasteiger charge is 2.13. The van der Waals surface area contributed by atoms with Gasteiger partial charge in [-0.15, -0.1) is 0 Å². The van der Waals surface area contributed by atoms with E-state index < -0.39 is 23.7 Å². The molecule has 0 radical (unpaired) electrons. The molecule has 3 rings (SSSR count). The number of H-pyrrole nitrogens is 2. The predicted molar refractivity (Wildman–Crippen MR) is 85.8 cm³/mol. The van der Waals surface area contributed by atoms with E-state index in [0.29, 0.717) is 17.1 Å². The Morgan fingerprint density at radius 1 is 1.08 bits per heavy atom. The summed E-state index contributed by atoms with van der Waals surface area (Å²) < 4.78 is 26.4. The number of halogens is 2. The number of aromatic nitrogens is 2. The smallest absolute Gasteiger partial charge is 0.323 e. The van der Waals surface area contributed by atoms with Crippen molar-refractivity contribution in [1.29, 1.82) is 0 Å². The highest BCUT2D eigenvalue weighted by atomic mass is 19.1. The van der Waals surface area contributed by atoms with Crippen molar-refractivity contribution in [1.82, 2.24) is 15.3 Å². The predicted octanol–water partition coefficient (Wildman–Crippen LogP) is 3.02. The SMILES string of the molecule is CC(NC(=O)Nc1ccc(F)cc1F)c1ccc2[nH]c(=O)[nH]c2c1. The van der Waals surface area contributed by atoms with E-state index in [4.69, 9.17) is 0 Å². The Hall–Kier alpha value is -3.16. The zero-order chi connectivity index (χ0) is 17.3. The molecule has 1 atom stereocenters. The van der Waals surface area contributed by atoms with E-state index in [1.54, 1.807) is 25.1 Å². The third-order valence-corrected chi connectivity index (χ3v) is 3.57. The van der Waals surface area contributed by atoms with E-state index in [-0.39, 0.29) is 11.4 Å². The molecular weight excluding hydrogens is 318 g/mol. The van der Waals surface area contributed by atoms with Crippen LogP contribution < -0.4 is 16.3 Å². The number of aromatic amines is 2. The Morgan fingerprint density at radius 2 is 1.83 bits per heavy atom. The fraction of sp³-hybridized carbons (Fsp3) is 0.125. The maximum Gasteiger partial charge on any atom is 0.323 e. The van der Waals surface area contributed by atoms with Gasteiger partial charge in [0.05, 0.1) is 22.8 Å². The van der Waals surface area contributed by atoms with E-state index in [9.17, 15) is 18.4 Å². The minimum Gasteiger partial charge on any atom is -0.331 e. The van der Waals surface area contributed by atoms with Crippen molar-refractivity contribution < 1.29 is 13.6 Å². The molecule has 0 aliphatic heterocycles. The first-order valence-corrected chi connectivity index (χ1v) is 7.17. The Kier molecular flexibility index (Phi) is 4.03. The lowest BCUT2D eigenvalue weighted by Gasteiger charge is -2.15. The van der Waals surface area contributed by atoms with Crippen LogP contribution >= 0.6 is 0 Å². The standard InChI is InChI=1S/C16H14F2N4O2/c1-8(9-2-4-13-14(6-9)22-16(24)21-13)19-15(23)20-12-5-3-10(17)7-11(12)18/h2-8H,1H3,(H2,19,20,23)(H2,21,22,24). The summed E-state index contributed by atoms with van der Waals surface area (Å²) in [6, 6.07) is 7.08. The minimum absolute atomic E-state index is 0.119. The molecule has 3 aromatic rings. The monoisotopic (exact) mass is 332 g/mol. The van der Waals surface area contributed by atoms with Crippen molar-refractivity contribution in [2.75, 3.05) is 5.32 Å². The van der Waals surface area contributed by atoms with Gasteiger partial charge in [-0.05, 0) is 36.8 Å². The number of fused-ring (bicyclic) bond motifs is 1. The molecule has 24 heavy (non-hydrogen) atoms. The van der Waals surface area contributed by atoms with Crippen LogP contribution in [0.5, 0.6) is 0 Å². The zero-order valence-electron chi connectivity index (χ0n) is 12.6. The summed E-state index contributed by atoms with van der Waals surface area (Å²) in [5.41, 5.74) is 1.61. The number of carbonyl (C=O) groups is 1. The van der Waals surface area contributed by atoms with Gasteiger partial charge in [-0.2, -0.15) is 0 Å². The van der Waals surface area contributed by atoms with Crippen LogP contribution in [0.25, 0.3) is 11.0 Å². The molecule has 0 fully saturated rings. The van der Waals surface area contributed by atoms with Crippen molar-refractivity contribution in [3.05, 3.63) is 64.1 Å². The van der Waals surface area contributed by atoms with Crippen LogP contribution in [0.4, 0.5) is 19.3 Å². The number of benzene rings is 2. The minimum atomic E-state index is -0.857. The molecule has 0 saturated heterocycles. The first kappa shape index (κ1) is 15.7. The molecule has 2 amide bonds. The average molecular weight is 332 g/mol. The molecule has 2 aromatic carbocycles. The molecule has 0 aliphatic carbocycles. The van der Waals surface area contributed by atoms with Gasteiger partial charge in [0.15, 0.2) is 0 Å². The molecule has 8 heteroatoms. The molecule has 0 bridgehead atoms. The van der Waals surface area contributed by atoms with Gasteiger partial charge in [0, 0.05) is 6.07 Å². The van der Waals surface area contributed by atoms with E-state index in [2.05, 4.69) is 20.6 Å². The van der Waals surface area contributed by atoms with Crippen LogP contribution in [-0.4, -0.2) is 16.0 Å². The third kappa shape index (κ3) is 3.27. The second kappa shape index (κ2) is 6.15. The largest absolute Gasteiger partial charge is 0.331 e. The molecule has 1 heterocycles. The van der Waals surface area contributed by atoms with E-state index in [1.807, 2.05) is 0 Å². The number of hydrogen-bond acceptors (Lipinski definition) is 2. The average Bonchev–Trinajstić information content (AvgIpc) is 2.89. The van der Waals surface area contributed by atoms with Crippen molar-refractivity contribution in [3.63, 3.8) is 0 Å². The maximum atomic E-state index is 13.5. The summed E-state index contributed by atoms with van der Waals surface area (Å²) in [4.78, 5) is 28.5. The summed E-state index contributed by atoms with van der Waals surface area (Å²) in [6.45, 7) is 1.74. The molecule has 0 aliphatic rings. The summed E-state index contributed by atoms with van der Waals surface area (Å²) >= 11 is 0. The first-order valence-electron chi connectivity index (χ1n) is 7.17. The summed E-state index contributed by atoms with van der Waals surface area (Å²) in [5.74, 6) is -1.58. The molecule has 1 aromatic heterocycles. The van der Waals surface area contributed by atoms with E-state index >= 15 is 0 Å². The number of anilines is 1. The highest BCUT2D eigenvalue weighted by Crippen LogP contribution is 2.18. The Balaban J connectivity index is 1.71. The number of rotatable bonds is 3. The summed E-state index contributed by atoms with van der Waals surface area (Å²) in [7, 11) is 0. The number of urea groups is 1. The van der Waals surface area contributed by atoms with Gasteiger partial charge in [0.2, 0.25) is 0 Å². The summed E-state index contributed by atoms with van der Waals surface area (Å²) in [6.07, 6.45) is 0. The fourth-order valence-electron chi connectivity index (χ4n) is 2.35. The highest BCUT2D eigenvalue weighted by molar-refractivity contribution is 5.89. The zero-order valence-corrected chi connectivity index (χ0v) is 12.6. The van der Waals surface area contributed by atoms with Gasteiger partial charge in [-0.1, -0.05) is 6.07 Å². The molecule has 124 valence electrons. The van der Waals surface area contributed by atoms with Crippen LogP contribution in [0.2, 0.25) is 0 Å². The van der Waals surface area contributed by atoms with Gasteiger partial charge < -0.3 is 20.6 Å². The van der Waals surface area contributed by atoms with Crippen molar-refractivity contribution in [3.8, 4) is 0 Å². The molecule has 0 saturated carbocycles. The number of imidazole rings is 1.